The van der Waals surface area contributed by atoms with Crippen LogP contribution in [0.15, 0.2) is 158 Å². The molecule has 0 saturated heterocycles. The highest BCUT2D eigenvalue weighted by Gasteiger charge is 2.43. The number of benzene rings is 8. The molecule has 0 unspecified atom stereocenters. The van der Waals surface area contributed by atoms with E-state index in [1.807, 2.05) is 0 Å². The van der Waals surface area contributed by atoms with Gasteiger partial charge in [-0.25, -0.2) is 0 Å². The second kappa shape index (κ2) is 28.7. The van der Waals surface area contributed by atoms with Gasteiger partial charge in [0, 0.05) is 90.5 Å². The fraction of sp³-hybridized carbons (Fsp3) is 0.365. The molecule has 0 saturated carbocycles. The van der Waals surface area contributed by atoms with Crippen LogP contribution in [-0.4, -0.2) is 13.7 Å². The van der Waals surface area contributed by atoms with Gasteiger partial charge in [0.2, 0.25) is 0 Å². The predicted molar refractivity (Wildman–Crippen MR) is 388 cm³/mol. The average molecular weight is 1160 g/mol. The molecule has 0 fully saturated rings. The van der Waals surface area contributed by atoms with Crippen molar-refractivity contribution in [1.82, 2.24) is 13.7 Å². The normalized spacial score (nSPS) is 13.2. The van der Waals surface area contributed by atoms with Crippen molar-refractivity contribution in [1.29, 1.82) is 0 Å². The zero-order valence-corrected chi connectivity index (χ0v) is 54.0. The lowest BCUT2D eigenvalue weighted by atomic mass is 9.70. The van der Waals surface area contributed by atoms with Crippen LogP contribution in [0.25, 0.3) is 113 Å². The van der Waals surface area contributed by atoms with Crippen LogP contribution in [0.2, 0.25) is 0 Å². The molecule has 0 aliphatic heterocycles. The van der Waals surface area contributed by atoms with E-state index in [9.17, 15) is 0 Å². The smallest absolute Gasteiger partial charge is 0.0491 e. The Balaban J connectivity index is 0.976. The highest BCUT2D eigenvalue weighted by atomic mass is 15.0. The summed E-state index contributed by atoms with van der Waals surface area (Å²) in [6.45, 7) is 14.8. The minimum absolute atomic E-state index is 0.115. The van der Waals surface area contributed by atoms with Crippen LogP contribution < -0.4 is 0 Å². The molecule has 0 bridgehead atoms. The second-order valence-corrected chi connectivity index (χ2v) is 26.1. The molecule has 3 heteroatoms. The molecule has 12 rings (SSSR count). The van der Waals surface area contributed by atoms with Crippen molar-refractivity contribution in [2.24, 2.45) is 0 Å². The Morgan fingerprint density at radius 1 is 0.284 bits per heavy atom. The van der Waals surface area contributed by atoms with Crippen molar-refractivity contribution in [3.05, 3.63) is 202 Å². The zero-order valence-electron chi connectivity index (χ0n) is 54.0. The van der Waals surface area contributed by atoms with Crippen LogP contribution in [0.1, 0.15) is 220 Å². The molecule has 1 aliphatic rings. The molecule has 3 nitrogen and oxygen atoms in total. The Hall–Kier alpha value is -7.62. The molecule has 0 spiro atoms. The SMILES string of the molecule is CCCCCCn1c2ccccc2c2cc(/C=C\c3ccc4c(c3)C(CCCCCC)(CCCCCC)c3cc(/C=C/c5ccc6c(c5)c5ccccc5n6CCCCCC)cc(/C=C/c5ccc6c(c5)c5ccccc5n6CCCCCC)c3-4)ccc21. The summed E-state index contributed by atoms with van der Waals surface area (Å²) in [5.74, 6) is 0. The molecule has 8 aromatic carbocycles. The van der Waals surface area contributed by atoms with Crippen molar-refractivity contribution in [3.63, 3.8) is 0 Å². The van der Waals surface area contributed by atoms with Crippen molar-refractivity contribution >= 4 is 102 Å². The molecular formula is C85H97N3. The molecule has 1 aliphatic carbocycles. The topological polar surface area (TPSA) is 14.8 Å². The Labute approximate surface area is 526 Å². The summed E-state index contributed by atoms with van der Waals surface area (Å²) in [4.78, 5) is 0. The summed E-state index contributed by atoms with van der Waals surface area (Å²) in [5, 5.41) is 8.10. The highest BCUT2D eigenvalue weighted by Crippen LogP contribution is 2.56. The van der Waals surface area contributed by atoms with Crippen LogP contribution in [0.3, 0.4) is 0 Å². The van der Waals surface area contributed by atoms with E-state index >= 15 is 0 Å². The van der Waals surface area contributed by atoms with Gasteiger partial charge in [-0.2, -0.15) is 0 Å². The van der Waals surface area contributed by atoms with Crippen LogP contribution in [0.4, 0.5) is 0 Å². The Morgan fingerprint density at radius 2 is 0.625 bits per heavy atom. The van der Waals surface area contributed by atoms with Crippen LogP contribution in [0, 0.1) is 0 Å². The summed E-state index contributed by atoms with van der Waals surface area (Å²) in [6, 6.07) is 61.5. The summed E-state index contributed by atoms with van der Waals surface area (Å²) in [7, 11) is 0. The Kier molecular flexibility index (Phi) is 19.8. The van der Waals surface area contributed by atoms with Gasteiger partial charge in [-0.05, 0) is 148 Å². The maximum absolute atomic E-state index is 2.63. The van der Waals surface area contributed by atoms with Crippen molar-refractivity contribution in [2.75, 3.05) is 0 Å². The van der Waals surface area contributed by atoms with Crippen LogP contribution >= 0.6 is 0 Å². The van der Waals surface area contributed by atoms with Gasteiger partial charge in [0.15, 0.2) is 0 Å². The summed E-state index contributed by atoms with van der Waals surface area (Å²) >= 11 is 0. The first kappa shape index (κ1) is 60.7. The minimum atomic E-state index is -0.115. The molecule has 452 valence electrons. The summed E-state index contributed by atoms with van der Waals surface area (Å²) < 4.78 is 7.73. The van der Waals surface area contributed by atoms with E-state index in [2.05, 4.69) is 243 Å². The van der Waals surface area contributed by atoms with Gasteiger partial charge < -0.3 is 13.7 Å². The third-order valence-corrected chi connectivity index (χ3v) is 19.9. The van der Waals surface area contributed by atoms with E-state index in [1.165, 1.54) is 249 Å². The first-order chi connectivity index (χ1) is 43.4. The highest BCUT2D eigenvalue weighted by molar-refractivity contribution is 6.11. The molecule has 0 radical (unpaired) electrons. The lowest BCUT2D eigenvalue weighted by Gasteiger charge is -2.33. The third-order valence-electron chi connectivity index (χ3n) is 19.9. The van der Waals surface area contributed by atoms with Gasteiger partial charge in [0.05, 0.1) is 0 Å². The minimum Gasteiger partial charge on any atom is -0.340 e. The largest absolute Gasteiger partial charge is 0.340 e. The number of unbranched alkanes of at least 4 members (excludes halogenated alkanes) is 15. The maximum Gasteiger partial charge on any atom is 0.0491 e. The van der Waals surface area contributed by atoms with Crippen molar-refractivity contribution < 1.29 is 0 Å². The zero-order chi connectivity index (χ0) is 60.2. The number of aromatic nitrogens is 3. The van der Waals surface area contributed by atoms with Crippen LogP contribution in [0.5, 0.6) is 0 Å². The Morgan fingerprint density at radius 3 is 1.05 bits per heavy atom. The molecule has 0 amide bonds. The molecule has 3 heterocycles. The van der Waals surface area contributed by atoms with E-state index < -0.39 is 0 Å². The summed E-state index contributed by atoms with van der Waals surface area (Å²) in [5.41, 5.74) is 21.5. The number of fused-ring (bicyclic) bond motifs is 12. The molecule has 0 atom stereocenters. The standard InChI is InChI=1S/C85H97N3/c1-6-11-16-27-52-85(53-28-17-12-7-2)76-61-66(39-38-63-44-49-81-73(58-63)69-32-21-24-35-78(69)86(81)54-29-18-13-8-3)43-48-72(76)84-68(47-42-65-46-51-83-75(60-65)71-34-23-26-37-80(71)88(83)56-31-20-15-10-5)57-67(62-77(84)85)41-40-64-45-50-82-74(59-64)70-33-22-25-36-79(70)87(82)55-30-19-14-9-4/h21-26,32-51,57-62H,6-20,27-31,52-56H2,1-5H3/b39-38-,41-40+,47-42+. The first-order valence-corrected chi connectivity index (χ1v) is 34.9. The lowest BCUT2D eigenvalue weighted by molar-refractivity contribution is 0.401. The number of rotatable bonds is 31. The number of hydrogen-bond acceptors (Lipinski definition) is 0. The van der Waals surface area contributed by atoms with Gasteiger partial charge in [-0.3, -0.25) is 0 Å². The maximum atomic E-state index is 2.63. The molecule has 0 N–H and O–H groups in total. The number of hydrogen-bond donors (Lipinski definition) is 0. The van der Waals surface area contributed by atoms with E-state index in [0.717, 1.165) is 32.5 Å². The molecule has 3 aromatic heterocycles. The van der Waals surface area contributed by atoms with Gasteiger partial charge in [0.1, 0.15) is 0 Å². The Bertz CT molecular complexity index is 4260. The second-order valence-electron chi connectivity index (χ2n) is 26.1. The van der Waals surface area contributed by atoms with E-state index in [-0.39, 0.29) is 5.41 Å². The van der Waals surface area contributed by atoms with Crippen LogP contribution in [-0.2, 0) is 25.0 Å². The fourth-order valence-corrected chi connectivity index (χ4v) is 15.3. The molecular weight excluding hydrogens is 1060 g/mol. The number of para-hydroxylation sites is 3. The quantitative estimate of drug-likeness (QED) is 0.0304. The lowest BCUT2D eigenvalue weighted by Crippen LogP contribution is -2.26. The molecule has 11 aromatic rings. The average Bonchev–Trinajstić information content (AvgIpc) is 1.79. The number of aryl methyl sites for hydroxylation is 3. The third kappa shape index (κ3) is 12.7. The fourth-order valence-electron chi connectivity index (χ4n) is 15.3. The number of nitrogens with zero attached hydrogens (tertiary/aromatic N) is 3. The predicted octanol–water partition coefficient (Wildman–Crippen LogP) is 25.5. The van der Waals surface area contributed by atoms with Gasteiger partial charge in [-0.1, -0.05) is 277 Å². The van der Waals surface area contributed by atoms with E-state index in [1.54, 1.807) is 0 Å². The van der Waals surface area contributed by atoms with E-state index in [0.29, 0.717) is 0 Å². The molecule has 88 heavy (non-hydrogen) atoms. The van der Waals surface area contributed by atoms with Crippen molar-refractivity contribution in [3.8, 4) is 11.1 Å². The van der Waals surface area contributed by atoms with E-state index in [4.69, 9.17) is 0 Å². The summed E-state index contributed by atoms with van der Waals surface area (Å²) in [6.07, 6.45) is 41.9. The van der Waals surface area contributed by atoms with Gasteiger partial charge >= 0.3 is 0 Å². The van der Waals surface area contributed by atoms with Crippen molar-refractivity contribution in [2.45, 2.75) is 201 Å². The van der Waals surface area contributed by atoms with Gasteiger partial charge in [-0.15, -0.1) is 0 Å². The monoisotopic (exact) mass is 1160 g/mol. The van der Waals surface area contributed by atoms with Gasteiger partial charge in [0.25, 0.3) is 0 Å². The first-order valence-electron chi connectivity index (χ1n) is 34.9.